The zero-order valence-corrected chi connectivity index (χ0v) is 21.5. The molecule has 5 rings (SSSR count). The molecule has 4 aromatic rings. The number of fused-ring (bicyclic) bond motifs is 2. The van der Waals surface area contributed by atoms with Gasteiger partial charge in [-0.2, -0.15) is 0 Å². The van der Waals surface area contributed by atoms with Crippen LogP contribution in [0.2, 0.25) is 0 Å². The molecule has 0 unspecified atom stereocenters. The summed E-state index contributed by atoms with van der Waals surface area (Å²) in [4.78, 5) is 16.8. The van der Waals surface area contributed by atoms with Gasteiger partial charge in [-0.25, -0.2) is 0 Å². The molecule has 1 aliphatic rings. The van der Waals surface area contributed by atoms with E-state index in [4.69, 9.17) is 0 Å². The van der Waals surface area contributed by atoms with E-state index in [-0.39, 0.29) is 11.3 Å². The summed E-state index contributed by atoms with van der Waals surface area (Å²) < 4.78 is 2.35. The minimum Gasteiger partial charge on any atom is -0.506 e. The summed E-state index contributed by atoms with van der Waals surface area (Å²) in [5, 5.41) is 26.1. The van der Waals surface area contributed by atoms with Gasteiger partial charge in [-0.05, 0) is 99.0 Å². The molecule has 1 fully saturated rings. The molecular formula is C30H37N4O3. The molecule has 2 aromatic heterocycles. The number of aliphatic hydroxyl groups is 1. The monoisotopic (exact) mass is 501 g/mol. The second kappa shape index (κ2) is 11.5. The molecule has 1 saturated carbocycles. The van der Waals surface area contributed by atoms with Crippen molar-refractivity contribution in [3.8, 4) is 5.75 Å². The number of nitrogens with zero attached hydrogens (tertiary/aromatic N) is 2. The Morgan fingerprint density at radius 1 is 1.14 bits per heavy atom. The van der Waals surface area contributed by atoms with E-state index in [1.165, 1.54) is 48.7 Å². The van der Waals surface area contributed by atoms with Crippen LogP contribution < -0.4 is 10.9 Å². The molecule has 0 saturated heterocycles. The fraction of sp³-hybridized carbons (Fsp3) is 0.400. The van der Waals surface area contributed by atoms with Crippen LogP contribution in [0.15, 0.2) is 59.5 Å². The average molecular weight is 502 g/mol. The number of aromatic amines is 1. The minimum absolute atomic E-state index is 0.00753. The fourth-order valence-corrected chi connectivity index (χ4v) is 5.59. The summed E-state index contributed by atoms with van der Waals surface area (Å²) in [6, 6.07) is 15.7. The number of aryl methyl sites for hydroxylation is 1. The van der Waals surface area contributed by atoms with E-state index in [9.17, 15) is 15.0 Å². The van der Waals surface area contributed by atoms with E-state index in [2.05, 4.69) is 63.7 Å². The summed E-state index contributed by atoms with van der Waals surface area (Å²) in [6.45, 7) is 3.13. The lowest BCUT2D eigenvalue weighted by atomic mass is 9.94. The van der Waals surface area contributed by atoms with Crippen molar-refractivity contribution < 1.29 is 10.2 Å². The highest BCUT2D eigenvalue weighted by Gasteiger charge is 2.18. The van der Waals surface area contributed by atoms with Crippen LogP contribution in [0.1, 0.15) is 49.3 Å². The Labute approximate surface area is 217 Å². The number of hydrogen-bond donors (Lipinski definition) is 4. The molecule has 37 heavy (non-hydrogen) atoms. The number of hydrogen-bond acceptors (Lipinski definition) is 5. The first kappa shape index (κ1) is 25.5. The molecule has 0 spiro atoms. The van der Waals surface area contributed by atoms with Gasteiger partial charge in [0.2, 0.25) is 5.56 Å². The molecular weight excluding hydrogens is 464 g/mol. The minimum atomic E-state index is -0.774. The van der Waals surface area contributed by atoms with Crippen molar-refractivity contribution in [2.45, 2.75) is 57.3 Å². The van der Waals surface area contributed by atoms with Crippen LogP contribution in [-0.4, -0.2) is 50.8 Å². The summed E-state index contributed by atoms with van der Waals surface area (Å²) in [6.07, 6.45) is 10.1. The normalized spacial score (nSPS) is 15.6. The topological polar surface area (TPSA) is 93.5 Å². The number of aromatic nitrogens is 2. The van der Waals surface area contributed by atoms with Crippen molar-refractivity contribution in [3.63, 3.8) is 0 Å². The Kier molecular flexibility index (Phi) is 7.93. The van der Waals surface area contributed by atoms with Gasteiger partial charge in [0, 0.05) is 48.8 Å². The maximum Gasteiger partial charge on any atom is 0.248 e. The Bertz CT molecular complexity index is 1400. The lowest BCUT2D eigenvalue weighted by Gasteiger charge is -2.31. The first-order valence-corrected chi connectivity index (χ1v) is 13.3. The third kappa shape index (κ3) is 5.90. The van der Waals surface area contributed by atoms with Crippen LogP contribution in [0.5, 0.6) is 5.75 Å². The highest BCUT2D eigenvalue weighted by molar-refractivity contribution is 5.87. The van der Waals surface area contributed by atoms with Gasteiger partial charge in [-0.15, -0.1) is 0 Å². The van der Waals surface area contributed by atoms with Crippen molar-refractivity contribution >= 4 is 21.8 Å². The number of rotatable bonds is 10. The van der Waals surface area contributed by atoms with Crippen molar-refractivity contribution in [1.82, 2.24) is 19.8 Å². The smallest absolute Gasteiger partial charge is 0.248 e. The Hall–Kier alpha value is -3.13. The molecule has 195 valence electrons. The molecule has 0 aliphatic heterocycles. The molecule has 1 atom stereocenters. The number of phenols is 1. The largest absolute Gasteiger partial charge is 0.506 e. The lowest BCUT2D eigenvalue weighted by Crippen LogP contribution is -2.34. The van der Waals surface area contributed by atoms with Crippen LogP contribution in [0, 0.1) is 6.42 Å². The molecule has 0 amide bonds. The van der Waals surface area contributed by atoms with Gasteiger partial charge < -0.3 is 30.0 Å². The summed E-state index contributed by atoms with van der Waals surface area (Å²) in [5.41, 5.74) is 3.13. The molecule has 7 heteroatoms. The highest BCUT2D eigenvalue weighted by Crippen LogP contribution is 2.28. The van der Waals surface area contributed by atoms with E-state index in [0.717, 1.165) is 31.1 Å². The highest BCUT2D eigenvalue weighted by atomic mass is 16.3. The van der Waals surface area contributed by atoms with E-state index >= 15 is 0 Å². The van der Waals surface area contributed by atoms with E-state index in [1.54, 1.807) is 12.1 Å². The Morgan fingerprint density at radius 2 is 1.97 bits per heavy atom. The quantitative estimate of drug-likeness (QED) is 0.257. The summed E-state index contributed by atoms with van der Waals surface area (Å²) >= 11 is 0. The van der Waals surface area contributed by atoms with Crippen molar-refractivity contribution in [1.29, 1.82) is 0 Å². The average Bonchev–Trinajstić information content (AvgIpc) is 3.31. The number of H-pyrrole nitrogens is 1. The van der Waals surface area contributed by atoms with Crippen LogP contribution >= 0.6 is 0 Å². The van der Waals surface area contributed by atoms with Gasteiger partial charge in [-0.1, -0.05) is 12.1 Å². The first-order chi connectivity index (χ1) is 18.0. The van der Waals surface area contributed by atoms with Gasteiger partial charge >= 0.3 is 0 Å². The zero-order chi connectivity index (χ0) is 25.8. The Balaban J connectivity index is 1.15. The number of pyridine rings is 1. The number of aliphatic hydroxyl groups excluding tert-OH is 1. The molecule has 1 aliphatic carbocycles. The zero-order valence-electron chi connectivity index (χ0n) is 21.5. The van der Waals surface area contributed by atoms with Crippen LogP contribution in [0.3, 0.4) is 0 Å². The van der Waals surface area contributed by atoms with E-state index in [1.807, 2.05) is 0 Å². The maximum atomic E-state index is 11.6. The first-order valence-electron chi connectivity index (χ1n) is 13.3. The number of phenolic OH excluding ortho intramolecular Hbond substituents is 1. The molecule has 7 nitrogen and oxygen atoms in total. The van der Waals surface area contributed by atoms with Crippen molar-refractivity contribution in [2.75, 3.05) is 20.1 Å². The Morgan fingerprint density at radius 3 is 2.81 bits per heavy atom. The predicted octanol–water partition coefficient (Wildman–Crippen LogP) is 4.48. The molecule has 0 bridgehead atoms. The van der Waals surface area contributed by atoms with Gasteiger partial charge in [0.05, 0.1) is 11.6 Å². The summed E-state index contributed by atoms with van der Waals surface area (Å²) in [7, 11) is 2.27. The second-order valence-corrected chi connectivity index (χ2v) is 10.3. The molecule has 2 aromatic carbocycles. The second-order valence-electron chi connectivity index (χ2n) is 10.3. The third-order valence-corrected chi connectivity index (χ3v) is 7.71. The van der Waals surface area contributed by atoms with Crippen LogP contribution in [0.25, 0.3) is 21.8 Å². The number of aromatic hydroxyl groups is 1. The van der Waals surface area contributed by atoms with Crippen molar-refractivity contribution in [2.24, 2.45) is 0 Å². The van der Waals surface area contributed by atoms with Crippen molar-refractivity contribution in [3.05, 3.63) is 82.6 Å². The predicted molar refractivity (Wildman–Crippen MR) is 149 cm³/mol. The fourth-order valence-electron chi connectivity index (χ4n) is 5.59. The van der Waals surface area contributed by atoms with Gasteiger partial charge in [0.1, 0.15) is 5.75 Å². The SMILES string of the molecule is CN(CCCn1ccc2cc(CNC[C@@H](O)c3ccc(O)c4[nH]c(=O)ccc34)ccc21)C1CC[CH]CC1. The molecule has 4 N–H and O–H groups in total. The summed E-state index contributed by atoms with van der Waals surface area (Å²) in [5.74, 6) is -0.00753. The van der Waals surface area contributed by atoms with Gasteiger partial charge in [0.25, 0.3) is 0 Å². The van der Waals surface area contributed by atoms with E-state index < -0.39 is 6.10 Å². The van der Waals surface area contributed by atoms with Crippen LogP contribution in [0.4, 0.5) is 0 Å². The van der Waals surface area contributed by atoms with E-state index in [0.29, 0.717) is 29.6 Å². The van der Waals surface area contributed by atoms with Gasteiger partial charge in [-0.3, -0.25) is 4.79 Å². The third-order valence-electron chi connectivity index (χ3n) is 7.71. The number of benzene rings is 2. The van der Waals surface area contributed by atoms with Gasteiger partial charge in [0.15, 0.2) is 0 Å². The molecule has 1 radical (unpaired) electrons. The van der Waals surface area contributed by atoms with Crippen LogP contribution in [-0.2, 0) is 13.1 Å². The molecule has 2 heterocycles. The maximum absolute atomic E-state index is 11.6. The lowest BCUT2D eigenvalue weighted by molar-refractivity contribution is 0.176. The number of nitrogens with one attached hydrogen (secondary N) is 2. The standard InChI is InChI=1S/C30H37N4O3/c1-33(23-6-3-2-4-7-23)15-5-16-34-17-14-22-18-21(8-11-26(22)34)19-31-20-28(36)24-9-12-27(35)30-25(24)10-13-29(37)32-30/h2,8-14,17-18,23,28,31,35-36H,3-7,15-16,19-20H2,1H3,(H,32,37)/t28-/m1/s1.